The molecule has 1 aromatic heterocycles. The van der Waals surface area contributed by atoms with Crippen LogP contribution in [0, 0.1) is 0 Å². The molecule has 3 N–H and O–H groups in total. The number of aromatic nitrogens is 1. The van der Waals surface area contributed by atoms with Crippen LogP contribution >= 0.6 is 11.8 Å². The van der Waals surface area contributed by atoms with Gasteiger partial charge in [0.15, 0.2) is 0 Å². The van der Waals surface area contributed by atoms with Crippen molar-refractivity contribution in [1.29, 1.82) is 0 Å². The maximum Gasteiger partial charge on any atom is 0.324 e. The zero-order chi connectivity index (χ0) is 13.2. The molecule has 4 nitrogen and oxygen atoms in total. The Morgan fingerprint density at radius 2 is 2.22 bits per heavy atom. The zero-order valence-electron chi connectivity index (χ0n) is 10.4. The summed E-state index contributed by atoms with van der Waals surface area (Å²) in [5.74, 6) is -0.375. The predicted molar refractivity (Wildman–Crippen MR) is 74.1 cm³/mol. The summed E-state index contributed by atoms with van der Waals surface area (Å²) in [6.45, 7) is 1.69. The van der Waals surface area contributed by atoms with Gasteiger partial charge in [-0.2, -0.15) is 0 Å². The molecule has 0 saturated carbocycles. The van der Waals surface area contributed by atoms with Crippen molar-refractivity contribution < 1.29 is 9.90 Å². The number of carboxylic acids is 1. The maximum atomic E-state index is 11.2. The van der Waals surface area contributed by atoms with Gasteiger partial charge in [-0.3, -0.25) is 4.79 Å². The van der Waals surface area contributed by atoms with Crippen LogP contribution in [0.25, 0.3) is 10.9 Å². The van der Waals surface area contributed by atoms with E-state index in [9.17, 15) is 4.79 Å². The van der Waals surface area contributed by atoms with Crippen LogP contribution in [0.1, 0.15) is 6.92 Å². The second-order valence-electron chi connectivity index (χ2n) is 4.40. The van der Waals surface area contributed by atoms with Gasteiger partial charge in [-0.25, -0.2) is 0 Å². The molecule has 2 rings (SSSR count). The van der Waals surface area contributed by atoms with Crippen molar-refractivity contribution in [2.24, 2.45) is 0 Å². The summed E-state index contributed by atoms with van der Waals surface area (Å²) >= 11 is 1.51. The molecule has 0 aliphatic rings. The number of fused-ring (bicyclic) bond motifs is 1. The number of nitrogens with one attached hydrogen (secondary N) is 2. The van der Waals surface area contributed by atoms with Gasteiger partial charge in [-0.15, -0.1) is 11.8 Å². The number of para-hydroxylation sites is 1. The Hall–Kier alpha value is -1.46. The number of thioether (sulfide) groups is 1. The number of carboxylic acid groups (broad SMARTS) is 1. The van der Waals surface area contributed by atoms with Gasteiger partial charge in [0.25, 0.3) is 0 Å². The van der Waals surface area contributed by atoms with Gasteiger partial charge in [-0.1, -0.05) is 18.2 Å². The van der Waals surface area contributed by atoms with Crippen molar-refractivity contribution in [2.75, 3.05) is 12.8 Å². The van der Waals surface area contributed by atoms with Crippen molar-refractivity contribution in [2.45, 2.75) is 17.5 Å². The predicted octanol–water partition coefficient (Wildman–Crippen LogP) is 2.32. The molecule has 0 amide bonds. The summed E-state index contributed by atoms with van der Waals surface area (Å²) in [5.41, 5.74) is 0.156. The Bertz CT molecular complexity index is 534. The van der Waals surface area contributed by atoms with Crippen LogP contribution < -0.4 is 5.32 Å². The Balaban J connectivity index is 2.12. The van der Waals surface area contributed by atoms with Crippen molar-refractivity contribution >= 4 is 28.6 Å². The molecule has 0 aliphatic carbocycles. The molecular weight excluding hydrogens is 248 g/mol. The zero-order valence-corrected chi connectivity index (χ0v) is 11.2. The molecule has 0 bridgehead atoms. The standard InChI is InChI=1S/C13H16N2O2S/c1-13(14-2,12(16)17)8-18-11-7-9-5-3-4-6-10(9)15-11/h3-7,14-15H,8H2,1-2H3,(H,16,17). The topological polar surface area (TPSA) is 65.1 Å². The number of aliphatic carboxylic acids is 1. The lowest BCUT2D eigenvalue weighted by atomic mass is 10.1. The summed E-state index contributed by atoms with van der Waals surface area (Å²) in [7, 11) is 1.67. The van der Waals surface area contributed by atoms with Crippen LogP contribution in [0.4, 0.5) is 0 Å². The molecule has 0 fully saturated rings. The van der Waals surface area contributed by atoms with E-state index >= 15 is 0 Å². The third-order valence-electron chi connectivity index (χ3n) is 3.05. The van der Waals surface area contributed by atoms with Crippen LogP contribution in [0.5, 0.6) is 0 Å². The van der Waals surface area contributed by atoms with Crippen LogP contribution in [0.15, 0.2) is 35.4 Å². The second kappa shape index (κ2) is 5.04. The van der Waals surface area contributed by atoms with Gasteiger partial charge in [0.2, 0.25) is 0 Å². The lowest BCUT2D eigenvalue weighted by Crippen LogP contribution is -2.49. The first-order chi connectivity index (χ1) is 8.55. The van der Waals surface area contributed by atoms with Gasteiger partial charge in [0, 0.05) is 16.7 Å². The average molecular weight is 264 g/mol. The number of likely N-dealkylation sites (N-methyl/N-ethyl adjacent to an activating group) is 1. The van der Waals surface area contributed by atoms with Crippen molar-refractivity contribution in [3.63, 3.8) is 0 Å². The third-order valence-corrected chi connectivity index (χ3v) is 4.30. The average Bonchev–Trinajstić information content (AvgIpc) is 2.78. The van der Waals surface area contributed by atoms with Gasteiger partial charge in [-0.05, 0) is 26.1 Å². The van der Waals surface area contributed by atoms with E-state index in [1.165, 1.54) is 11.8 Å². The van der Waals surface area contributed by atoms with E-state index in [-0.39, 0.29) is 0 Å². The van der Waals surface area contributed by atoms with E-state index < -0.39 is 11.5 Å². The molecule has 2 aromatic rings. The van der Waals surface area contributed by atoms with Gasteiger partial charge in [0.05, 0.1) is 5.03 Å². The quantitative estimate of drug-likeness (QED) is 0.725. The van der Waals surface area contributed by atoms with Gasteiger partial charge < -0.3 is 15.4 Å². The highest BCUT2D eigenvalue weighted by Gasteiger charge is 2.31. The number of hydrogen-bond acceptors (Lipinski definition) is 3. The number of benzene rings is 1. The summed E-state index contributed by atoms with van der Waals surface area (Å²) in [6, 6.07) is 10.0. The van der Waals surface area contributed by atoms with Crippen LogP contribution in [0.2, 0.25) is 0 Å². The monoisotopic (exact) mass is 264 g/mol. The van der Waals surface area contributed by atoms with E-state index in [0.29, 0.717) is 5.75 Å². The Kier molecular flexibility index (Phi) is 3.63. The van der Waals surface area contributed by atoms with Crippen molar-refractivity contribution in [1.82, 2.24) is 10.3 Å². The van der Waals surface area contributed by atoms with E-state index in [0.717, 1.165) is 15.9 Å². The van der Waals surface area contributed by atoms with Crippen LogP contribution in [-0.4, -0.2) is 34.4 Å². The summed E-state index contributed by atoms with van der Waals surface area (Å²) < 4.78 is 0. The van der Waals surface area contributed by atoms with Crippen LogP contribution in [-0.2, 0) is 4.79 Å². The largest absolute Gasteiger partial charge is 0.480 e. The summed E-state index contributed by atoms with van der Waals surface area (Å²) in [6.07, 6.45) is 0. The maximum absolute atomic E-state index is 11.2. The molecule has 18 heavy (non-hydrogen) atoms. The number of carbonyl (C=O) groups is 1. The number of hydrogen-bond donors (Lipinski definition) is 3. The lowest BCUT2D eigenvalue weighted by molar-refractivity contribution is -0.142. The summed E-state index contributed by atoms with van der Waals surface area (Å²) in [4.78, 5) is 14.4. The fourth-order valence-corrected chi connectivity index (χ4v) is 2.69. The third kappa shape index (κ3) is 2.52. The first-order valence-corrected chi connectivity index (χ1v) is 6.66. The Morgan fingerprint density at radius 3 is 2.83 bits per heavy atom. The fourth-order valence-electron chi connectivity index (χ4n) is 1.59. The van der Waals surface area contributed by atoms with E-state index in [1.54, 1.807) is 14.0 Å². The van der Waals surface area contributed by atoms with Gasteiger partial charge >= 0.3 is 5.97 Å². The van der Waals surface area contributed by atoms with Crippen molar-refractivity contribution in [3.8, 4) is 0 Å². The fraction of sp³-hybridized carbons (Fsp3) is 0.308. The van der Waals surface area contributed by atoms with E-state index in [2.05, 4.69) is 10.3 Å². The molecule has 1 unspecified atom stereocenters. The van der Waals surface area contributed by atoms with Crippen LogP contribution in [0.3, 0.4) is 0 Å². The molecule has 0 spiro atoms. The molecule has 0 saturated heterocycles. The lowest BCUT2D eigenvalue weighted by Gasteiger charge is -2.23. The highest BCUT2D eigenvalue weighted by molar-refractivity contribution is 7.99. The first kappa shape index (κ1) is 13.0. The molecule has 0 radical (unpaired) electrons. The summed E-state index contributed by atoms with van der Waals surface area (Å²) in [5, 5.41) is 14.1. The number of aromatic amines is 1. The number of rotatable bonds is 5. The van der Waals surface area contributed by atoms with Crippen molar-refractivity contribution in [3.05, 3.63) is 30.3 Å². The molecular formula is C13H16N2O2S. The van der Waals surface area contributed by atoms with E-state index in [4.69, 9.17) is 5.11 Å². The minimum absolute atomic E-state index is 0.464. The first-order valence-electron chi connectivity index (χ1n) is 5.68. The van der Waals surface area contributed by atoms with E-state index in [1.807, 2.05) is 30.3 Å². The minimum Gasteiger partial charge on any atom is -0.480 e. The molecule has 1 aromatic carbocycles. The second-order valence-corrected chi connectivity index (χ2v) is 5.41. The number of H-pyrrole nitrogens is 1. The molecule has 1 heterocycles. The minimum atomic E-state index is -0.915. The smallest absolute Gasteiger partial charge is 0.324 e. The molecule has 96 valence electrons. The molecule has 1 atom stereocenters. The SMILES string of the molecule is CNC(C)(CSc1cc2ccccc2[nH]1)C(=O)O. The highest BCUT2D eigenvalue weighted by atomic mass is 32.2. The Morgan fingerprint density at radius 1 is 1.50 bits per heavy atom. The van der Waals surface area contributed by atoms with Gasteiger partial charge in [0.1, 0.15) is 5.54 Å². The molecule has 5 heteroatoms. The normalized spacial score (nSPS) is 14.6. The molecule has 0 aliphatic heterocycles. The highest BCUT2D eigenvalue weighted by Crippen LogP contribution is 2.25. The Labute approximate surface area is 110 Å².